The highest BCUT2D eigenvalue weighted by molar-refractivity contribution is 5.94. The van der Waals surface area contributed by atoms with Gasteiger partial charge in [-0.3, -0.25) is 9.59 Å². The number of benzene rings is 2. The standard InChI is InChI=1S/C23H25N3O3/c1-14-10-15(2)12-19(11-14)24-23(28)18(5)29-21-8-9-22(27)26(25-21)20-7-6-16(3)17(4)13-20/h6-13,18H,1-5H3,(H,24,28)/t18-/m0/s1. The van der Waals surface area contributed by atoms with Crippen molar-refractivity contribution in [3.8, 4) is 11.6 Å². The summed E-state index contributed by atoms with van der Waals surface area (Å²) in [6.07, 6.45) is -0.783. The van der Waals surface area contributed by atoms with Gasteiger partial charge in [-0.2, -0.15) is 4.68 Å². The van der Waals surface area contributed by atoms with Crippen LogP contribution < -0.4 is 15.6 Å². The second-order valence-electron chi connectivity index (χ2n) is 7.32. The molecule has 1 amide bonds. The van der Waals surface area contributed by atoms with Crippen LogP contribution in [0.4, 0.5) is 5.69 Å². The average Bonchev–Trinajstić information content (AvgIpc) is 2.64. The van der Waals surface area contributed by atoms with Crippen molar-refractivity contribution in [2.75, 3.05) is 5.32 Å². The van der Waals surface area contributed by atoms with E-state index in [0.717, 1.165) is 27.9 Å². The zero-order valence-electron chi connectivity index (χ0n) is 17.3. The zero-order valence-corrected chi connectivity index (χ0v) is 17.3. The monoisotopic (exact) mass is 391 g/mol. The van der Waals surface area contributed by atoms with E-state index in [1.807, 2.05) is 64.1 Å². The summed E-state index contributed by atoms with van der Waals surface area (Å²) >= 11 is 0. The lowest BCUT2D eigenvalue weighted by Crippen LogP contribution is -2.31. The van der Waals surface area contributed by atoms with Crippen molar-refractivity contribution >= 4 is 11.6 Å². The molecule has 29 heavy (non-hydrogen) atoms. The van der Waals surface area contributed by atoms with E-state index >= 15 is 0 Å². The number of amides is 1. The predicted molar refractivity (Wildman–Crippen MR) is 114 cm³/mol. The Morgan fingerprint density at radius 1 is 0.966 bits per heavy atom. The molecule has 0 aliphatic heterocycles. The molecule has 0 aliphatic carbocycles. The smallest absolute Gasteiger partial charge is 0.271 e. The topological polar surface area (TPSA) is 73.2 Å². The van der Waals surface area contributed by atoms with Crippen LogP contribution in [0.3, 0.4) is 0 Å². The van der Waals surface area contributed by atoms with Crippen LogP contribution in [0.15, 0.2) is 53.3 Å². The first kappa shape index (κ1) is 20.3. The molecule has 0 bridgehead atoms. The lowest BCUT2D eigenvalue weighted by atomic mass is 10.1. The van der Waals surface area contributed by atoms with Gasteiger partial charge in [0.2, 0.25) is 5.88 Å². The van der Waals surface area contributed by atoms with Gasteiger partial charge in [0.1, 0.15) is 0 Å². The molecule has 3 aromatic rings. The van der Waals surface area contributed by atoms with Gasteiger partial charge in [-0.05, 0) is 81.1 Å². The van der Waals surface area contributed by atoms with Crippen LogP contribution >= 0.6 is 0 Å². The number of carbonyl (C=O) groups excluding carboxylic acids is 1. The normalized spacial score (nSPS) is 11.8. The maximum Gasteiger partial charge on any atom is 0.271 e. The lowest BCUT2D eigenvalue weighted by molar-refractivity contribution is -0.122. The summed E-state index contributed by atoms with van der Waals surface area (Å²) in [7, 11) is 0. The Morgan fingerprint density at radius 3 is 2.31 bits per heavy atom. The van der Waals surface area contributed by atoms with Crippen molar-refractivity contribution < 1.29 is 9.53 Å². The fourth-order valence-electron chi connectivity index (χ4n) is 3.02. The molecule has 0 spiro atoms. The summed E-state index contributed by atoms with van der Waals surface area (Å²) in [5, 5.41) is 7.13. The number of nitrogens with one attached hydrogen (secondary N) is 1. The van der Waals surface area contributed by atoms with E-state index in [2.05, 4.69) is 10.4 Å². The molecule has 0 radical (unpaired) electrons. The van der Waals surface area contributed by atoms with Crippen molar-refractivity contribution in [3.63, 3.8) is 0 Å². The van der Waals surface area contributed by atoms with Gasteiger partial charge < -0.3 is 10.1 Å². The maximum atomic E-state index is 12.5. The molecule has 0 aliphatic rings. The fourth-order valence-corrected chi connectivity index (χ4v) is 3.02. The second-order valence-corrected chi connectivity index (χ2v) is 7.32. The Kier molecular flexibility index (Phi) is 5.82. The molecule has 1 atom stereocenters. The quantitative estimate of drug-likeness (QED) is 0.716. The van der Waals surface area contributed by atoms with Gasteiger partial charge in [-0.15, -0.1) is 5.10 Å². The van der Waals surface area contributed by atoms with Crippen molar-refractivity contribution in [1.82, 2.24) is 9.78 Å². The largest absolute Gasteiger partial charge is 0.463 e. The molecule has 2 aromatic carbocycles. The van der Waals surface area contributed by atoms with Crippen molar-refractivity contribution in [2.45, 2.75) is 40.7 Å². The number of anilines is 1. The molecule has 0 unspecified atom stereocenters. The van der Waals surface area contributed by atoms with Crippen LogP contribution in [0.25, 0.3) is 5.69 Å². The van der Waals surface area contributed by atoms with Gasteiger partial charge >= 0.3 is 0 Å². The highest BCUT2D eigenvalue weighted by Crippen LogP contribution is 2.16. The van der Waals surface area contributed by atoms with Crippen LogP contribution in [0.2, 0.25) is 0 Å². The zero-order chi connectivity index (χ0) is 21.1. The van der Waals surface area contributed by atoms with Crippen molar-refractivity contribution in [1.29, 1.82) is 0 Å². The van der Waals surface area contributed by atoms with E-state index in [1.54, 1.807) is 6.92 Å². The first-order valence-electron chi connectivity index (χ1n) is 9.47. The van der Waals surface area contributed by atoms with Gasteiger partial charge in [0.25, 0.3) is 11.5 Å². The maximum absolute atomic E-state index is 12.5. The van der Waals surface area contributed by atoms with E-state index in [1.165, 1.54) is 16.8 Å². The van der Waals surface area contributed by atoms with E-state index in [0.29, 0.717) is 5.69 Å². The molecule has 1 heterocycles. The van der Waals surface area contributed by atoms with Crippen LogP contribution in [0, 0.1) is 27.7 Å². The summed E-state index contributed by atoms with van der Waals surface area (Å²) in [6, 6.07) is 14.3. The minimum atomic E-state index is -0.783. The summed E-state index contributed by atoms with van der Waals surface area (Å²) in [5.41, 5.74) is 5.42. The highest BCUT2D eigenvalue weighted by atomic mass is 16.5. The number of ether oxygens (including phenoxy) is 1. The molecule has 0 saturated carbocycles. The molecular formula is C23H25N3O3. The minimum absolute atomic E-state index is 0.200. The van der Waals surface area contributed by atoms with E-state index in [9.17, 15) is 9.59 Å². The van der Waals surface area contributed by atoms with Crippen molar-refractivity contribution in [2.24, 2.45) is 0 Å². The number of carbonyl (C=O) groups is 1. The number of rotatable bonds is 5. The molecule has 3 rings (SSSR count). The third-order valence-electron chi connectivity index (χ3n) is 4.67. The Hall–Kier alpha value is -3.41. The Morgan fingerprint density at radius 2 is 1.66 bits per heavy atom. The molecule has 6 nitrogen and oxygen atoms in total. The second kappa shape index (κ2) is 8.31. The van der Waals surface area contributed by atoms with Crippen LogP contribution in [-0.2, 0) is 4.79 Å². The first-order valence-corrected chi connectivity index (χ1v) is 9.47. The summed E-state index contributed by atoms with van der Waals surface area (Å²) in [4.78, 5) is 24.8. The van der Waals surface area contributed by atoms with Gasteiger partial charge in [0, 0.05) is 17.8 Å². The van der Waals surface area contributed by atoms with Gasteiger partial charge in [0.15, 0.2) is 6.10 Å². The Bertz CT molecular complexity index is 1100. The summed E-state index contributed by atoms with van der Waals surface area (Å²) in [5.74, 6) is -0.0911. The SMILES string of the molecule is Cc1cc(C)cc(NC(=O)[C@H](C)Oc2ccc(=O)n(-c3ccc(C)c(C)c3)n2)c1. The number of hydrogen-bond acceptors (Lipinski definition) is 4. The molecule has 0 saturated heterocycles. The third kappa shape index (κ3) is 4.90. The first-order chi connectivity index (χ1) is 13.7. The summed E-state index contributed by atoms with van der Waals surface area (Å²) in [6.45, 7) is 9.57. The van der Waals surface area contributed by atoms with Crippen LogP contribution in [0.5, 0.6) is 5.88 Å². The lowest BCUT2D eigenvalue weighted by Gasteiger charge is -2.15. The molecule has 150 valence electrons. The highest BCUT2D eigenvalue weighted by Gasteiger charge is 2.17. The fraction of sp³-hybridized carbons (Fsp3) is 0.261. The molecule has 0 fully saturated rings. The number of hydrogen-bond donors (Lipinski definition) is 1. The molecule has 6 heteroatoms. The molecule has 1 aromatic heterocycles. The number of aromatic nitrogens is 2. The molecular weight excluding hydrogens is 366 g/mol. The predicted octanol–water partition coefficient (Wildman–Crippen LogP) is 3.87. The van der Waals surface area contributed by atoms with E-state index < -0.39 is 6.10 Å². The molecule has 1 N–H and O–H groups in total. The van der Waals surface area contributed by atoms with Crippen LogP contribution in [0.1, 0.15) is 29.2 Å². The summed E-state index contributed by atoms with van der Waals surface area (Å²) < 4.78 is 6.97. The van der Waals surface area contributed by atoms with E-state index in [-0.39, 0.29) is 17.3 Å². The average molecular weight is 391 g/mol. The van der Waals surface area contributed by atoms with Gasteiger partial charge in [-0.25, -0.2) is 0 Å². The van der Waals surface area contributed by atoms with E-state index in [4.69, 9.17) is 4.74 Å². The minimum Gasteiger partial charge on any atom is -0.463 e. The Labute approximate surface area is 170 Å². The number of aryl methyl sites for hydroxylation is 4. The van der Waals surface area contributed by atoms with Crippen LogP contribution in [-0.4, -0.2) is 21.8 Å². The van der Waals surface area contributed by atoms with Gasteiger partial charge in [0.05, 0.1) is 5.69 Å². The number of nitrogens with zero attached hydrogens (tertiary/aromatic N) is 2. The Balaban J connectivity index is 1.78. The van der Waals surface area contributed by atoms with Gasteiger partial charge in [-0.1, -0.05) is 12.1 Å². The van der Waals surface area contributed by atoms with Crippen molar-refractivity contribution in [3.05, 3.63) is 81.1 Å². The third-order valence-corrected chi connectivity index (χ3v) is 4.67.